The molecule has 0 saturated carbocycles. The van der Waals surface area contributed by atoms with Gasteiger partial charge < -0.3 is 19.2 Å². The van der Waals surface area contributed by atoms with E-state index in [9.17, 15) is 4.79 Å². The molecule has 1 aromatic heterocycles. The van der Waals surface area contributed by atoms with Crippen LogP contribution in [0.25, 0.3) is 11.0 Å². The molecule has 1 N–H and O–H groups in total. The molecule has 0 fully saturated rings. The first kappa shape index (κ1) is 18.6. The van der Waals surface area contributed by atoms with Crippen molar-refractivity contribution in [2.45, 2.75) is 13.2 Å². The molecule has 0 spiro atoms. The number of rotatable bonds is 7. The van der Waals surface area contributed by atoms with E-state index in [-0.39, 0.29) is 5.91 Å². The fourth-order valence-corrected chi connectivity index (χ4v) is 3.04. The molecule has 0 radical (unpaired) electrons. The second-order valence-electron chi connectivity index (χ2n) is 6.59. The van der Waals surface area contributed by atoms with Crippen LogP contribution < -0.4 is 14.8 Å². The maximum atomic E-state index is 12.4. The van der Waals surface area contributed by atoms with Gasteiger partial charge in [0.1, 0.15) is 12.2 Å². The van der Waals surface area contributed by atoms with E-state index in [1.165, 1.54) is 0 Å². The number of carbonyl (C=O) groups is 1. The second-order valence-corrected chi connectivity index (χ2v) is 6.59. The summed E-state index contributed by atoms with van der Waals surface area (Å²) in [6, 6.07) is 24.8. The monoisotopic (exact) mass is 387 g/mol. The van der Waals surface area contributed by atoms with Crippen molar-refractivity contribution in [2.75, 3.05) is 7.11 Å². The Kier molecular flexibility index (Phi) is 5.47. The Bertz CT molecular complexity index is 1090. The van der Waals surface area contributed by atoms with Crippen LogP contribution in [0.15, 0.2) is 83.3 Å². The minimum absolute atomic E-state index is 0.260. The number of nitrogens with one attached hydrogen (secondary N) is 1. The van der Waals surface area contributed by atoms with Gasteiger partial charge in [-0.25, -0.2) is 0 Å². The highest BCUT2D eigenvalue weighted by Gasteiger charge is 2.12. The number of furan rings is 1. The Balaban J connectivity index is 1.40. The molecule has 5 heteroatoms. The first-order valence-electron chi connectivity index (χ1n) is 9.33. The summed E-state index contributed by atoms with van der Waals surface area (Å²) < 4.78 is 16.9. The highest BCUT2D eigenvalue weighted by molar-refractivity contribution is 5.96. The normalized spacial score (nSPS) is 10.7. The Morgan fingerprint density at radius 2 is 1.69 bits per heavy atom. The van der Waals surface area contributed by atoms with Crippen LogP contribution in [0, 0.1) is 0 Å². The lowest BCUT2D eigenvalue weighted by Gasteiger charge is -2.12. The highest BCUT2D eigenvalue weighted by atomic mass is 16.5. The van der Waals surface area contributed by atoms with Crippen LogP contribution in [0.2, 0.25) is 0 Å². The van der Waals surface area contributed by atoms with Gasteiger partial charge in [0.05, 0.1) is 7.11 Å². The minimum atomic E-state index is -0.260. The van der Waals surface area contributed by atoms with Gasteiger partial charge in [-0.1, -0.05) is 54.6 Å². The van der Waals surface area contributed by atoms with Crippen LogP contribution in [0.4, 0.5) is 0 Å². The smallest absolute Gasteiger partial charge is 0.287 e. The molecule has 3 aromatic carbocycles. The number of para-hydroxylation sites is 1. The zero-order chi connectivity index (χ0) is 20.1. The number of methoxy groups -OCH3 is 1. The summed E-state index contributed by atoms with van der Waals surface area (Å²) in [4.78, 5) is 12.4. The summed E-state index contributed by atoms with van der Waals surface area (Å²) in [6.07, 6.45) is 0. The van der Waals surface area contributed by atoms with E-state index >= 15 is 0 Å². The molecule has 4 rings (SSSR count). The standard InChI is InChI=1S/C24H21NO4/c1-27-22-13-18(11-12-21(22)28-16-17-7-3-2-4-8-17)15-25-24(26)23-14-19-9-5-6-10-20(19)29-23/h2-14H,15-16H2,1H3,(H,25,26). The van der Waals surface area contributed by atoms with Crippen LogP contribution in [-0.2, 0) is 13.2 Å². The van der Waals surface area contributed by atoms with Gasteiger partial charge in [0.15, 0.2) is 17.3 Å². The maximum Gasteiger partial charge on any atom is 0.287 e. The fourth-order valence-electron chi connectivity index (χ4n) is 3.04. The van der Waals surface area contributed by atoms with E-state index in [4.69, 9.17) is 13.9 Å². The van der Waals surface area contributed by atoms with Crippen LogP contribution >= 0.6 is 0 Å². The third kappa shape index (κ3) is 4.41. The van der Waals surface area contributed by atoms with Gasteiger partial charge >= 0.3 is 0 Å². The van der Waals surface area contributed by atoms with Crippen LogP contribution in [-0.4, -0.2) is 13.0 Å². The fraction of sp³-hybridized carbons (Fsp3) is 0.125. The van der Waals surface area contributed by atoms with Crippen molar-refractivity contribution >= 4 is 16.9 Å². The lowest BCUT2D eigenvalue weighted by Crippen LogP contribution is -2.22. The summed E-state index contributed by atoms with van der Waals surface area (Å²) in [6.45, 7) is 0.810. The molecule has 29 heavy (non-hydrogen) atoms. The average molecular weight is 387 g/mol. The summed E-state index contributed by atoms with van der Waals surface area (Å²) in [5.74, 6) is 1.31. The second kappa shape index (κ2) is 8.52. The molecule has 0 bridgehead atoms. The molecule has 0 aliphatic carbocycles. The minimum Gasteiger partial charge on any atom is -0.493 e. The Morgan fingerprint density at radius 3 is 2.48 bits per heavy atom. The number of ether oxygens (including phenoxy) is 2. The molecule has 5 nitrogen and oxygen atoms in total. The van der Waals surface area contributed by atoms with Crippen molar-refractivity contribution in [2.24, 2.45) is 0 Å². The van der Waals surface area contributed by atoms with E-state index in [0.717, 1.165) is 16.5 Å². The van der Waals surface area contributed by atoms with Crippen LogP contribution in [0.3, 0.4) is 0 Å². The molecule has 146 valence electrons. The van der Waals surface area contributed by atoms with Crippen molar-refractivity contribution in [1.29, 1.82) is 0 Å². The molecule has 1 heterocycles. The van der Waals surface area contributed by atoms with Crippen molar-refractivity contribution in [1.82, 2.24) is 5.32 Å². The van der Waals surface area contributed by atoms with Crippen molar-refractivity contribution < 1.29 is 18.7 Å². The van der Waals surface area contributed by atoms with Crippen LogP contribution in [0.5, 0.6) is 11.5 Å². The van der Waals surface area contributed by atoms with E-state index < -0.39 is 0 Å². The topological polar surface area (TPSA) is 60.7 Å². The van der Waals surface area contributed by atoms with Gasteiger partial charge in [0.25, 0.3) is 5.91 Å². The molecule has 0 unspecified atom stereocenters. The number of fused-ring (bicyclic) bond motifs is 1. The molecule has 4 aromatic rings. The molecule has 0 saturated heterocycles. The number of hydrogen-bond acceptors (Lipinski definition) is 4. The number of amides is 1. The first-order chi connectivity index (χ1) is 14.2. The number of hydrogen-bond donors (Lipinski definition) is 1. The van der Waals surface area contributed by atoms with E-state index in [1.807, 2.05) is 72.8 Å². The zero-order valence-electron chi connectivity index (χ0n) is 16.1. The quantitative estimate of drug-likeness (QED) is 0.487. The Hall–Kier alpha value is -3.73. The van der Waals surface area contributed by atoms with E-state index in [2.05, 4.69) is 5.32 Å². The predicted molar refractivity (Wildman–Crippen MR) is 111 cm³/mol. The predicted octanol–water partition coefficient (Wildman–Crippen LogP) is 4.95. The highest BCUT2D eigenvalue weighted by Crippen LogP contribution is 2.29. The van der Waals surface area contributed by atoms with Gasteiger partial charge in [-0.3, -0.25) is 4.79 Å². The summed E-state index contributed by atoms with van der Waals surface area (Å²) in [7, 11) is 1.60. The van der Waals surface area contributed by atoms with Gasteiger partial charge in [0, 0.05) is 11.9 Å². The summed E-state index contributed by atoms with van der Waals surface area (Å²) in [5, 5.41) is 3.78. The molecule has 1 amide bonds. The SMILES string of the molecule is COc1cc(CNC(=O)c2cc3ccccc3o2)ccc1OCc1ccccc1. The van der Waals surface area contributed by atoms with Crippen molar-refractivity contribution in [3.05, 3.63) is 95.7 Å². The summed E-state index contributed by atoms with van der Waals surface area (Å²) in [5.41, 5.74) is 2.68. The lowest BCUT2D eigenvalue weighted by atomic mass is 10.2. The lowest BCUT2D eigenvalue weighted by molar-refractivity contribution is 0.0925. The van der Waals surface area contributed by atoms with Crippen molar-refractivity contribution in [3.63, 3.8) is 0 Å². The number of benzene rings is 3. The molecular weight excluding hydrogens is 366 g/mol. The van der Waals surface area contributed by atoms with Gasteiger partial charge in [-0.05, 0) is 35.4 Å². The number of carbonyl (C=O) groups excluding carboxylic acids is 1. The first-order valence-corrected chi connectivity index (χ1v) is 9.33. The summed E-state index contributed by atoms with van der Waals surface area (Å²) >= 11 is 0. The third-order valence-electron chi connectivity index (χ3n) is 4.57. The van der Waals surface area contributed by atoms with Gasteiger partial charge in [0.2, 0.25) is 0 Å². The molecular formula is C24H21NO4. The Labute approximate surface area is 168 Å². The molecule has 0 aliphatic heterocycles. The Morgan fingerprint density at radius 1 is 0.897 bits per heavy atom. The van der Waals surface area contributed by atoms with Crippen molar-refractivity contribution in [3.8, 4) is 11.5 Å². The van der Waals surface area contributed by atoms with Crippen LogP contribution in [0.1, 0.15) is 21.7 Å². The molecule has 0 atom stereocenters. The van der Waals surface area contributed by atoms with Gasteiger partial charge in [-0.15, -0.1) is 0 Å². The van der Waals surface area contributed by atoms with E-state index in [0.29, 0.717) is 36.0 Å². The average Bonchev–Trinajstić information content (AvgIpc) is 3.21. The third-order valence-corrected chi connectivity index (χ3v) is 4.57. The van der Waals surface area contributed by atoms with Gasteiger partial charge in [-0.2, -0.15) is 0 Å². The van der Waals surface area contributed by atoms with E-state index in [1.54, 1.807) is 13.2 Å². The molecule has 0 aliphatic rings. The maximum absolute atomic E-state index is 12.4. The largest absolute Gasteiger partial charge is 0.493 e. The zero-order valence-corrected chi connectivity index (χ0v) is 16.1.